The topological polar surface area (TPSA) is 83.6 Å². The first-order valence-corrected chi connectivity index (χ1v) is 5.98. The van der Waals surface area contributed by atoms with Gasteiger partial charge in [-0.05, 0) is 31.5 Å². The van der Waals surface area contributed by atoms with Gasteiger partial charge in [0.1, 0.15) is 0 Å². The monoisotopic (exact) mass is 248 g/mol. The quantitative estimate of drug-likeness (QED) is 0.738. The van der Waals surface area contributed by atoms with Crippen molar-refractivity contribution in [2.24, 2.45) is 5.73 Å². The molecule has 2 amide bonds. The Balaban J connectivity index is 2.05. The maximum atomic E-state index is 12.0. The van der Waals surface area contributed by atoms with E-state index in [1.807, 2.05) is 0 Å². The second-order valence-corrected chi connectivity index (χ2v) is 4.33. The summed E-state index contributed by atoms with van der Waals surface area (Å²) in [5, 5.41) is 9.57. The van der Waals surface area contributed by atoms with Gasteiger partial charge >= 0.3 is 0 Å². The molecule has 1 aromatic carbocycles. The van der Waals surface area contributed by atoms with Gasteiger partial charge in [-0.25, -0.2) is 0 Å². The summed E-state index contributed by atoms with van der Waals surface area (Å²) >= 11 is 0. The fourth-order valence-corrected chi connectivity index (χ4v) is 2.06. The standard InChI is InChI=1S/C13H16N2O3/c14-7-5-9(16)6-8-15-12(17)10-3-1-2-4-11(10)13(15)18/h1-4,9,16H,5-8,14H2. The first kappa shape index (κ1) is 12.7. The fraction of sp³-hybridized carbons (Fsp3) is 0.385. The molecule has 0 saturated carbocycles. The highest BCUT2D eigenvalue weighted by molar-refractivity contribution is 6.21. The summed E-state index contributed by atoms with van der Waals surface area (Å²) in [5.41, 5.74) is 6.21. The lowest BCUT2D eigenvalue weighted by molar-refractivity contribution is 0.0620. The zero-order valence-electron chi connectivity index (χ0n) is 10.0. The van der Waals surface area contributed by atoms with E-state index in [0.717, 1.165) is 0 Å². The molecule has 96 valence electrons. The van der Waals surface area contributed by atoms with Gasteiger partial charge in [0, 0.05) is 6.54 Å². The van der Waals surface area contributed by atoms with Crippen LogP contribution in [-0.4, -0.2) is 41.0 Å². The molecule has 0 aliphatic carbocycles. The van der Waals surface area contributed by atoms with Crippen LogP contribution in [0, 0.1) is 0 Å². The minimum Gasteiger partial charge on any atom is -0.393 e. The van der Waals surface area contributed by atoms with Gasteiger partial charge in [-0.2, -0.15) is 0 Å². The van der Waals surface area contributed by atoms with Crippen molar-refractivity contribution in [2.45, 2.75) is 18.9 Å². The van der Waals surface area contributed by atoms with Gasteiger partial charge in [0.05, 0.1) is 17.2 Å². The van der Waals surface area contributed by atoms with Crippen LogP contribution < -0.4 is 5.73 Å². The van der Waals surface area contributed by atoms with Crippen LogP contribution >= 0.6 is 0 Å². The average molecular weight is 248 g/mol. The van der Waals surface area contributed by atoms with Gasteiger partial charge in [0.15, 0.2) is 0 Å². The van der Waals surface area contributed by atoms with Crippen molar-refractivity contribution in [2.75, 3.05) is 13.1 Å². The van der Waals surface area contributed by atoms with Gasteiger partial charge in [0.2, 0.25) is 0 Å². The minimum absolute atomic E-state index is 0.230. The number of carbonyl (C=O) groups is 2. The van der Waals surface area contributed by atoms with Crippen molar-refractivity contribution in [3.8, 4) is 0 Å². The minimum atomic E-state index is -0.570. The third-order valence-corrected chi connectivity index (χ3v) is 3.06. The Labute approximate surface area is 105 Å². The Kier molecular flexibility index (Phi) is 3.74. The SMILES string of the molecule is NCCC(O)CCN1C(=O)c2ccccc2C1=O. The molecule has 3 N–H and O–H groups in total. The Morgan fingerprint density at radius 2 is 1.67 bits per heavy atom. The molecule has 1 unspecified atom stereocenters. The van der Waals surface area contributed by atoms with Gasteiger partial charge in [-0.3, -0.25) is 14.5 Å². The number of hydrogen-bond donors (Lipinski definition) is 2. The molecule has 1 atom stereocenters. The number of rotatable bonds is 5. The van der Waals surface area contributed by atoms with Crippen LogP contribution in [0.15, 0.2) is 24.3 Å². The van der Waals surface area contributed by atoms with Crippen LogP contribution in [0.4, 0.5) is 0 Å². The number of nitrogens with two attached hydrogens (primary N) is 1. The average Bonchev–Trinajstić information content (AvgIpc) is 2.61. The molecule has 0 radical (unpaired) electrons. The molecule has 0 fully saturated rings. The van der Waals surface area contributed by atoms with Crippen molar-refractivity contribution in [3.05, 3.63) is 35.4 Å². The number of hydrogen-bond acceptors (Lipinski definition) is 4. The van der Waals surface area contributed by atoms with E-state index in [1.165, 1.54) is 4.90 Å². The smallest absolute Gasteiger partial charge is 0.261 e. The summed E-state index contributed by atoms with van der Waals surface area (Å²) in [6.07, 6.45) is 0.269. The molecule has 0 saturated heterocycles. The number of aliphatic hydroxyl groups is 1. The lowest BCUT2D eigenvalue weighted by atomic mass is 10.1. The second kappa shape index (κ2) is 5.29. The van der Waals surface area contributed by atoms with Crippen LogP contribution in [0.1, 0.15) is 33.6 Å². The molecule has 18 heavy (non-hydrogen) atoms. The highest BCUT2D eigenvalue weighted by Crippen LogP contribution is 2.22. The third-order valence-electron chi connectivity index (χ3n) is 3.06. The van der Waals surface area contributed by atoms with Gasteiger partial charge in [-0.15, -0.1) is 0 Å². The molecule has 1 aliphatic heterocycles. The van der Waals surface area contributed by atoms with E-state index in [0.29, 0.717) is 30.5 Å². The van der Waals surface area contributed by atoms with E-state index in [2.05, 4.69) is 0 Å². The Morgan fingerprint density at radius 1 is 1.11 bits per heavy atom. The summed E-state index contributed by atoms with van der Waals surface area (Å²) in [4.78, 5) is 25.1. The number of benzene rings is 1. The normalized spacial score (nSPS) is 16.0. The van der Waals surface area contributed by atoms with Crippen molar-refractivity contribution < 1.29 is 14.7 Å². The maximum absolute atomic E-state index is 12.0. The first-order chi connectivity index (χ1) is 8.65. The van der Waals surface area contributed by atoms with Crippen molar-refractivity contribution >= 4 is 11.8 Å². The Bertz CT molecular complexity index is 438. The summed E-state index contributed by atoms with van der Waals surface area (Å²) in [5.74, 6) is -0.564. The molecule has 2 rings (SSSR count). The van der Waals surface area contributed by atoms with E-state index < -0.39 is 6.10 Å². The number of imide groups is 1. The number of aliphatic hydroxyl groups excluding tert-OH is 1. The molecule has 1 heterocycles. The van der Waals surface area contributed by atoms with E-state index in [1.54, 1.807) is 24.3 Å². The highest BCUT2D eigenvalue weighted by atomic mass is 16.3. The first-order valence-electron chi connectivity index (χ1n) is 5.98. The van der Waals surface area contributed by atoms with Crippen LogP contribution in [0.25, 0.3) is 0 Å². The van der Waals surface area contributed by atoms with Crippen molar-refractivity contribution in [1.82, 2.24) is 4.90 Å². The van der Waals surface area contributed by atoms with Crippen LogP contribution in [0.3, 0.4) is 0 Å². The summed E-state index contributed by atoms with van der Waals surface area (Å²) < 4.78 is 0. The van der Waals surface area contributed by atoms with Crippen LogP contribution in [0.2, 0.25) is 0 Å². The molecular weight excluding hydrogens is 232 g/mol. The molecular formula is C13H16N2O3. The lowest BCUT2D eigenvalue weighted by Crippen LogP contribution is -2.33. The molecule has 1 aromatic rings. The number of carbonyl (C=O) groups excluding carboxylic acids is 2. The lowest BCUT2D eigenvalue weighted by Gasteiger charge is -2.16. The predicted octanol–water partition coefficient (Wildman–Crippen LogP) is 0.382. The summed E-state index contributed by atoms with van der Waals surface area (Å²) in [6, 6.07) is 6.76. The van der Waals surface area contributed by atoms with E-state index in [-0.39, 0.29) is 18.4 Å². The Morgan fingerprint density at radius 3 is 2.17 bits per heavy atom. The summed E-state index contributed by atoms with van der Waals surface area (Å²) in [7, 11) is 0. The largest absolute Gasteiger partial charge is 0.393 e. The zero-order valence-corrected chi connectivity index (χ0v) is 10.0. The highest BCUT2D eigenvalue weighted by Gasteiger charge is 2.34. The Hall–Kier alpha value is -1.72. The van der Waals surface area contributed by atoms with Crippen LogP contribution in [0.5, 0.6) is 0 Å². The summed E-state index contributed by atoms with van der Waals surface area (Å²) in [6.45, 7) is 0.622. The predicted molar refractivity (Wildman–Crippen MR) is 66.1 cm³/mol. The fourth-order valence-electron chi connectivity index (χ4n) is 2.06. The van der Waals surface area contributed by atoms with E-state index in [9.17, 15) is 14.7 Å². The third kappa shape index (κ3) is 2.27. The number of nitrogens with zero attached hydrogens (tertiary/aromatic N) is 1. The van der Waals surface area contributed by atoms with Crippen molar-refractivity contribution in [1.29, 1.82) is 0 Å². The van der Waals surface area contributed by atoms with Crippen LogP contribution in [-0.2, 0) is 0 Å². The number of amides is 2. The van der Waals surface area contributed by atoms with Gasteiger partial charge in [-0.1, -0.05) is 12.1 Å². The number of fused-ring (bicyclic) bond motifs is 1. The molecule has 5 heteroatoms. The zero-order chi connectivity index (χ0) is 13.1. The van der Waals surface area contributed by atoms with Gasteiger partial charge < -0.3 is 10.8 Å². The molecule has 1 aliphatic rings. The maximum Gasteiger partial charge on any atom is 0.261 e. The van der Waals surface area contributed by atoms with Gasteiger partial charge in [0.25, 0.3) is 11.8 Å². The van der Waals surface area contributed by atoms with E-state index in [4.69, 9.17) is 5.73 Å². The second-order valence-electron chi connectivity index (χ2n) is 4.33. The molecule has 5 nitrogen and oxygen atoms in total. The van der Waals surface area contributed by atoms with E-state index >= 15 is 0 Å². The molecule has 0 aromatic heterocycles. The molecule has 0 bridgehead atoms. The molecule has 0 spiro atoms. The van der Waals surface area contributed by atoms with Crippen molar-refractivity contribution in [3.63, 3.8) is 0 Å².